The first-order valence-corrected chi connectivity index (χ1v) is 18.1. The van der Waals surface area contributed by atoms with Gasteiger partial charge < -0.3 is 0 Å². The van der Waals surface area contributed by atoms with Crippen LogP contribution in [0.2, 0.25) is 0 Å². The van der Waals surface area contributed by atoms with Crippen LogP contribution in [0.4, 0.5) is 0 Å². The lowest BCUT2D eigenvalue weighted by Gasteiger charge is -2.12. The maximum atomic E-state index is 5.26. The van der Waals surface area contributed by atoms with E-state index in [2.05, 4.69) is 140 Å². The predicted molar refractivity (Wildman–Crippen MR) is 222 cm³/mol. The molecule has 0 atom stereocenters. The Morgan fingerprint density at radius 2 is 0.667 bits per heavy atom. The number of hydrogen-bond donors (Lipinski definition) is 0. The summed E-state index contributed by atoms with van der Waals surface area (Å²) < 4.78 is 0. The van der Waals surface area contributed by atoms with Gasteiger partial charge in [-0.2, -0.15) is 0 Å². The molecule has 0 aliphatic heterocycles. The Hall–Kier alpha value is -7.37. The van der Waals surface area contributed by atoms with Crippen molar-refractivity contribution in [3.63, 3.8) is 0 Å². The minimum absolute atomic E-state index is 0.699. The number of nitrogens with zero attached hydrogens (tertiary/aromatic N) is 5. The van der Waals surface area contributed by atoms with Crippen molar-refractivity contribution in [3.05, 3.63) is 176 Å². The van der Waals surface area contributed by atoms with Gasteiger partial charge in [0.05, 0.1) is 44.8 Å². The summed E-state index contributed by atoms with van der Waals surface area (Å²) in [6, 6.07) is 60.9. The van der Waals surface area contributed by atoms with Gasteiger partial charge >= 0.3 is 0 Å². The fourth-order valence-electron chi connectivity index (χ4n) is 7.67. The summed E-state index contributed by atoms with van der Waals surface area (Å²) in [7, 11) is 0. The van der Waals surface area contributed by atoms with E-state index in [4.69, 9.17) is 24.9 Å². The quantitative estimate of drug-likeness (QED) is 0.136. The lowest BCUT2D eigenvalue weighted by molar-refractivity contribution is 1.33. The van der Waals surface area contributed by atoms with Crippen LogP contribution in [0.5, 0.6) is 0 Å². The second-order valence-corrected chi connectivity index (χ2v) is 13.7. The molecule has 0 spiro atoms. The molecule has 0 saturated heterocycles. The highest BCUT2D eigenvalue weighted by molar-refractivity contribution is 6.15. The van der Waals surface area contributed by atoms with E-state index in [1.807, 2.05) is 36.4 Å². The molecule has 0 aliphatic carbocycles. The third-order valence-corrected chi connectivity index (χ3v) is 10.4. The summed E-state index contributed by atoms with van der Waals surface area (Å²) in [5, 5.41) is 7.44. The predicted octanol–water partition coefficient (Wildman–Crippen LogP) is 12.2. The Kier molecular flexibility index (Phi) is 6.79. The molecule has 0 amide bonds. The van der Waals surface area contributed by atoms with Gasteiger partial charge in [0.25, 0.3) is 0 Å². The van der Waals surface area contributed by atoms with Gasteiger partial charge in [0, 0.05) is 54.6 Å². The molecule has 5 aromatic heterocycles. The van der Waals surface area contributed by atoms with Crippen LogP contribution in [0.3, 0.4) is 0 Å². The van der Waals surface area contributed by atoms with E-state index in [1.54, 1.807) is 0 Å². The Balaban J connectivity index is 1.03. The van der Waals surface area contributed by atoms with Crippen LogP contribution < -0.4 is 0 Å². The van der Waals surface area contributed by atoms with Gasteiger partial charge in [-0.15, -0.1) is 0 Å². The number of rotatable bonds is 4. The summed E-state index contributed by atoms with van der Waals surface area (Å²) in [6.45, 7) is 0. The van der Waals surface area contributed by atoms with Crippen LogP contribution in [0.1, 0.15) is 0 Å². The van der Waals surface area contributed by atoms with Gasteiger partial charge in [-0.3, -0.25) is 0 Å². The molecule has 0 unspecified atom stereocenters. The smallest absolute Gasteiger partial charge is 0.161 e. The summed E-state index contributed by atoms with van der Waals surface area (Å²) >= 11 is 0. The first kappa shape index (κ1) is 30.3. The highest BCUT2D eigenvalue weighted by Gasteiger charge is 2.15. The van der Waals surface area contributed by atoms with E-state index < -0.39 is 0 Å². The average Bonchev–Trinajstić information content (AvgIpc) is 3.25. The molecule has 0 N–H and O–H groups in total. The highest BCUT2D eigenvalue weighted by Crippen LogP contribution is 2.36. The molecule has 5 heterocycles. The highest BCUT2D eigenvalue weighted by atomic mass is 14.9. The maximum absolute atomic E-state index is 5.26. The number of fused-ring (bicyclic) bond motifs is 9. The minimum atomic E-state index is 0.699. The molecule has 0 radical (unpaired) electrons. The van der Waals surface area contributed by atoms with Gasteiger partial charge in [-0.25, -0.2) is 24.9 Å². The van der Waals surface area contributed by atoms with Crippen molar-refractivity contribution in [3.8, 4) is 45.0 Å². The molecule has 5 heteroatoms. The molecule has 0 aliphatic rings. The Bertz CT molecular complexity index is 3250. The number of aromatic nitrogens is 5. The lowest BCUT2D eigenvalue weighted by atomic mass is 9.99. The third kappa shape index (κ3) is 4.98. The van der Waals surface area contributed by atoms with Crippen LogP contribution in [0.25, 0.3) is 110 Å². The van der Waals surface area contributed by atoms with E-state index in [1.165, 1.54) is 0 Å². The minimum Gasteiger partial charge on any atom is -0.245 e. The third-order valence-electron chi connectivity index (χ3n) is 10.4. The first-order chi connectivity index (χ1) is 26.7. The van der Waals surface area contributed by atoms with E-state index in [-0.39, 0.29) is 0 Å². The molecule has 6 aromatic carbocycles. The van der Waals surface area contributed by atoms with Gasteiger partial charge in [-0.05, 0) is 29.7 Å². The monoisotopic (exact) mass is 687 g/mol. The van der Waals surface area contributed by atoms with Crippen molar-refractivity contribution in [1.82, 2.24) is 24.9 Å². The molecule has 0 fully saturated rings. The van der Waals surface area contributed by atoms with E-state index in [0.717, 1.165) is 105 Å². The molecular formula is C49H29N5. The summed E-state index contributed by atoms with van der Waals surface area (Å²) in [6.07, 6.45) is 0. The fraction of sp³-hybridized carbons (Fsp3) is 0. The second-order valence-electron chi connectivity index (χ2n) is 13.7. The molecular weight excluding hydrogens is 659 g/mol. The fourth-order valence-corrected chi connectivity index (χ4v) is 7.67. The van der Waals surface area contributed by atoms with Crippen molar-refractivity contribution in [2.24, 2.45) is 0 Å². The normalized spacial score (nSPS) is 11.7. The van der Waals surface area contributed by atoms with Crippen molar-refractivity contribution in [2.75, 3.05) is 0 Å². The Morgan fingerprint density at radius 1 is 0.259 bits per heavy atom. The average molecular weight is 688 g/mol. The lowest BCUT2D eigenvalue weighted by Crippen LogP contribution is -1.95. The zero-order valence-corrected chi connectivity index (χ0v) is 29.0. The topological polar surface area (TPSA) is 64.5 Å². The largest absolute Gasteiger partial charge is 0.245 e. The van der Waals surface area contributed by atoms with Gasteiger partial charge in [0.15, 0.2) is 5.65 Å². The summed E-state index contributed by atoms with van der Waals surface area (Å²) in [5.41, 5.74) is 12.1. The van der Waals surface area contributed by atoms with Crippen LogP contribution in [-0.2, 0) is 0 Å². The number of pyridine rings is 5. The van der Waals surface area contributed by atoms with Gasteiger partial charge in [0.2, 0.25) is 0 Å². The van der Waals surface area contributed by atoms with Crippen molar-refractivity contribution >= 4 is 65.4 Å². The Morgan fingerprint density at radius 3 is 1.20 bits per heavy atom. The molecule has 5 nitrogen and oxygen atoms in total. The zero-order chi connectivity index (χ0) is 35.6. The second kappa shape index (κ2) is 12.1. The van der Waals surface area contributed by atoms with Crippen molar-refractivity contribution in [2.45, 2.75) is 0 Å². The van der Waals surface area contributed by atoms with Crippen LogP contribution in [0, 0.1) is 0 Å². The first-order valence-electron chi connectivity index (χ1n) is 18.1. The number of benzene rings is 6. The molecule has 11 aromatic rings. The SMILES string of the molecule is c1ccc(-c2ccc3ccc4ccc(-c5ccc(-c6nc7nc8c(ccc9ccc(-c%10ccccc%10)nc98)cc7c7ccccc67)cc5)nc4c3n2)cc1. The maximum Gasteiger partial charge on any atom is 0.161 e. The van der Waals surface area contributed by atoms with Gasteiger partial charge in [-0.1, -0.05) is 152 Å². The summed E-state index contributed by atoms with van der Waals surface area (Å²) in [4.78, 5) is 25.9. The summed E-state index contributed by atoms with van der Waals surface area (Å²) in [5.74, 6) is 0. The molecule has 0 bridgehead atoms. The van der Waals surface area contributed by atoms with E-state index >= 15 is 0 Å². The van der Waals surface area contributed by atoms with Crippen LogP contribution in [-0.4, -0.2) is 24.9 Å². The molecule has 54 heavy (non-hydrogen) atoms. The molecule has 11 rings (SSSR count). The Labute approximate surface area is 310 Å². The molecule has 250 valence electrons. The van der Waals surface area contributed by atoms with Crippen LogP contribution >= 0.6 is 0 Å². The van der Waals surface area contributed by atoms with Crippen molar-refractivity contribution < 1.29 is 0 Å². The molecule has 0 saturated carbocycles. The van der Waals surface area contributed by atoms with Gasteiger partial charge in [0.1, 0.15) is 0 Å². The van der Waals surface area contributed by atoms with E-state index in [0.29, 0.717) is 5.65 Å². The zero-order valence-electron chi connectivity index (χ0n) is 29.0. The van der Waals surface area contributed by atoms with Crippen molar-refractivity contribution in [1.29, 1.82) is 0 Å². The van der Waals surface area contributed by atoms with E-state index in [9.17, 15) is 0 Å². The standard InChI is InChI=1S/C49H29N5/c1-3-9-30(10-4-1)41-26-23-34-19-20-35-25-28-43(52-46(35)45(34)50-41)32-15-17-33(18-16-32)44-39-14-8-7-13-38(39)40-29-37-22-21-36-24-27-42(31-11-5-2-6-12-31)51-47(36)48(37)54-49(40)53-44/h1-29H. The van der Waals surface area contributed by atoms with Crippen LogP contribution in [0.15, 0.2) is 176 Å². The number of hydrogen-bond acceptors (Lipinski definition) is 5.